The third-order valence-electron chi connectivity index (χ3n) is 3.00. The van der Waals surface area contributed by atoms with Gasteiger partial charge in [0.2, 0.25) is 5.91 Å². The lowest BCUT2D eigenvalue weighted by Crippen LogP contribution is -2.20. The number of rotatable bonds is 5. The smallest absolute Gasteiger partial charge is 0.433 e. The van der Waals surface area contributed by atoms with Crippen molar-refractivity contribution in [2.24, 2.45) is 0 Å². The summed E-state index contributed by atoms with van der Waals surface area (Å²) in [4.78, 5) is 11.9. The number of carbonyl (C=O) groups excluding carboxylic acids is 1. The van der Waals surface area contributed by atoms with E-state index >= 15 is 0 Å². The summed E-state index contributed by atoms with van der Waals surface area (Å²) < 4.78 is 67.1. The molecule has 0 aliphatic heterocycles. The Morgan fingerprint density at radius 2 is 2.04 bits per heavy atom. The molecule has 0 atom stereocenters. The molecule has 0 unspecified atom stereocenters. The van der Waals surface area contributed by atoms with E-state index in [1.54, 1.807) is 0 Å². The third-order valence-corrected chi connectivity index (χ3v) is 3.29. The van der Waals surface area contributed by atoms with Crippen molar-refractivity contribution in [2.45, 2.75) is 26.3 Å². The van der Waals surface area contributed by atoms with Gasteiger partial charge in [-0.1, -0.05) is 11.6 Å². The summed E-state index contributed by atoms with van der Waals surface area (Å²) in [7, 11) is 0. The van der Waals surface area contributed by atoms with E-state index in [1.807, 2.05) is 0 Å². The van der Waals surface area contributed by atoms with Crippen LogP contribution in [0.4, 0.5) is 27.6 Å². The number of aryl methyl sites for hydroxylation is 1. The van der Waals surface area contributed by atoms with Crippen LogP contribution in [0.2, 0.25) is 5.02 Å². The summed E-state index contributed by atoms with van der Waals surface area (Å²) in [6.45, 7) is -2.14. The molecule has 1 heterocycles. The Kier molecular flexibility index (Phi) is 5.51. The minimum Gasteiger partial charge on any atom is -0.433 e. The van der Waals surface area contributed by atoms with E-state index in [0.717, 1.165) is 16.8 Å². The number of ether oxygens (including phenoxy) is 1. The zero-order chi connectivity index (χ0) is 18.8. The molecular weight excluding hydrogens is 373 g/mol. The van der Waals surface area contributed by atoms with E-state index < -0.39 is 30.9 Å². The van der Waals surface area contributed by atoms with Gasteiger partial charge in [0.25, 0.3) is 0 Å². The lowest BCUT2D eigenvalue weighted by Gasteiger charge is -2.10. The molecule has 0 radical (unpaired) electrons. The average molecular weight is 384 g/mol. The highest BCUT2D eigenvalue weighted by molar-refractivity contribution is 6.32. The van der Waals surface area contributed by atoms with Gasteiger partial charge >= 0.3 is 12.8 Å². The molecule has 2 rings (SSSR count). The largest absolute Gasteiger partial charge is 0.435 e. The highest BCUT2D eigenvalue weighted by Crippen LogP contribution is 2.30. The second kappa shape index (κ2) is 7.26. The van der Waals surface area contributed by atoms with Crippen molar-refractivity contribution >= 4 is 23.2 Å². The second-order valence-corrected chi connectivity index (χ2v) is 5.31. The summed E-state index contributed by atoms with van der Waals surface area (Å²) in [5, 5.41) is 5.55. The zero-order valence-electron chi connectivity index (χ0n) is 12.6. The monoisotopic (exact) mass is 383 g/mol. The van der Waals surface area contributed by atoms with Crippen molar-refractivity contribution < 1.29 is 31.5 Å². The predicted octanol–water partition coefficient (Wildman–Crippen LogP) is 4.10. The number of carbonyl (C=O) groups is 1. The van der Waals surface area contributed by atoms with Crippen LogP contribution in [0.1, 0.15) is 11.4 Å². The molecule has 0 saturated heterocycles. The molecule has 136 valence electrons. The van der Waals surface area contributed by atoms with E-state index in [1.165, 1.54) is 19.1 Å². The summed E-state index contributed by atoms with van der Waals surface area (Å²) in [6, 6.07) is 4.39. The average Bonchev–Trinajstić information content (AvgIpc) is 2.83. The number of benzene rings is 1. The summed E-state index contributed by atoms with van der Waals surface area (Å²) in [5.74, 6) is -0.939. The van der Waals surface area contributed by atoms with Crippen LogP contribution in [-0.4, -0.2) is 22.3 Å². The van der Waals surface area contributed by atoms with Gasteiger partial charge in [0.15, 0.2) is 5.69 Å². The molecule has 1 N–H and O–H groups in total. The number of nitrogens with one attached hydrogen (secondary N) is 1. The lowest BCUT2D eigenvalue weighted by atomic mass is 10.3. The normalized spacial score (nSPS) is 11.7. The second-order valence-electron chi connectivity index (χ2n) is 4.90. The first-order valence-corrected chi connectivity index (χ1v) is 7.10. The quantitative estimate of drug-likeness (QED) is 0.791. The molecule has 2 aromatic rings. The first-order valence-electron chi connectivity index (χ1n) is 6.72. The Balaban J connectivity index is 2.06. The number of hydrogen-bond donors (Lipinski definition) is 1. The summed E-state index contributed by atoms with van der Waals surface area (Å²) in [6.07, 6.45) is -4.61. The fourth-order valence-electron chi connectivity index (χ4n) is 1.92. The molecular formula is C14H11ClF5N3O2. The van der Waals surface area contributed by atoms with Gasteiger partial charge in [-0.15, -0.1) is 0 Å². The lowest BCUT2D eigenvalue weighted by molar-refractivity contribution is -0.141. The Morgan fingerprint density at radius 1 is 1.36 bits per heavy atom. The van der Waals surface area contributed by atoms with Crippen molar-refractivity contribution in [1.82, 2.24) is 9.78 Å². The number of hydrogen-bond acceptors (Lipinski definition) is 3. The molecule has 0 aliphatic carbocycles. The minimum absolute atomic E-state index is 0.154. The topological polar surface area (TPSA) is 56.2 Å². The Bertz CT molecular complexity index is 776. The van der Waals surface area contributed by atoms with E-state index in [4.69, 9.17) is 11.6 Å². The minimum atomic E-state index is -4.61. The van der Waals surface area contributed by atoms with Crippen LogP contribution in [0, 0.1) is 6.92 Å². The van der Waals surface area contributed by atoms with Crippen LogP contribution in [0.15, 0.2) is 24.3 Å². The highest BCUT2D eigenvalue weighted by Gasteiger charge is 2.34. The highest BCUT2D eigenvalue weighted by atomic mass is 35.5. The molecule has 25 heavy (non-hydrogen) atoms. The maximum absolute atomic E-state index is 12.6. The van der Waals surface area contributed by atoms with Gasteiger partial charge in [-0.25, -0.2) is 0 Å². The van der Waals surface area contributed by atoms with Crippen molar-refractivity contribution in [1.29, 1.82) is 0 Å². The van der Waals surface area contributed by atoms with Crippen LogP contribution in [0.3, 0.4) is 0 Å². The summed E-state index contributed by atoms with van der Waals surface area (Å²) >= 11 is 5.74. The molecule has 5 nitrogen and oxygen atoms in total. The number of alkyl halides is 5. The van der Waals surface area contributed by atoms with Gasteiger partial charge in [-0.2, -0.15) is 27.1 Å². The van der Waals surface area contributed by atoms with Gasteiger partial charge in [-0.3, -0.25) is 9.48 Å². The molecule has 0 aliphatic rings. The summed E-state index contributed by atoms with van der Waals surface area (Å²) in [5.41, 5.74) is -0.784. The SMILES string of the molecule is Cc1cc(C(F)(F)F)nn1CC(=O)Nc1ccc(OC(F)F)c(Cl)c1. The number of anilines is 1. The molecule has 0 fully saturated rings. The Morgan fingerprint density at radius 3 is 2.56 bits per heavy atom. The van der Waals surface area contributed by atoms with Crippen molar-refractivity contribution in [3.05, 3.63) is 40.7 Å². The van der Waals surface area contributed by atoms with E-state index in [0.29, 0.717) is 0 Å². The molecule has 0 saturated carbocycles. The maximum Gasteiger partial charge on any atom is 0.435 e. The van der Waals surface area contributed by atoms with Gasteiger partial charge in [0.1, 0.15) is 12.3 Å². The van der Waals surface area contributed by atoms with Gasteiger partial charge in [-0.05, 0) is 31.2 Å². The Labute approximate surface area is 143 Å². The fourth-order valence-corrected chi connectivity index (χ4v) is 2.14. The van der Waals surface area contributed by atoms with E-state index in [9.17, 15) is 26.7 Å². The van der Waals surface area contributed by atoms with Crippen molar-refractivity contribution in [3.63, 3.8) is 0 Å². The first-order chi connectivity index (χ1) is 11.6. The molecule has 0 spiro atoms. The third kappa shape index (κ3) is 5.05. The molecule has 1 aromatic carbocycles. The Hall–Kier alpha value is -2.36. The van der Waals surface area contributed by atoms with Gasteiger partial charge in [0, 0.05) is 11.4 Å². The van der Waals surface area contributed by atoms with E-state index in [2.05, 4.69) is 15.2 Å². The van der Waals surface area contributed by atoms with Gasteiger partial charge in [0.05, 0.1) is 5.02 Å². The van der Waals surface area contributed by atoms with Crippen LogP contribution >= 0.6 is 11.6 Å². The molecule has 1 aromatic heterocycles. The van der Waals surface area contributed by atoms with E-state index in [-0.39, 0.29) is 22.2 Å². The predicted molar refractivity (Wildman–Crippen MR) is 78.7 cm³/mol. The van der Waals surface area contributed by atoms with Gasteiger partial charge < -0.3 is 10.1 Å². The standard InChI is InChI=1S/C14H11ClF5N3O2/c1-7-4-11(14(18,19)20)22-23(7)6-12(24)21-8-2-3-10(9(15)5-8)25-13(16)17/h2-5,13H,6H2,1H3,(H,21,24). The van der Waals surface area contributed by atoms with Crippen LogP contribution in [0.25, 0.3) is 0 Å². The van der Waals surface area contributed by atoms with Crippen molar-refractivity contribution in [2.75, 3.05) is 5.32 Å². The number of nitrogens with zero attached hydrogens (tertiary/aromatic N) is 2. The van der Waals surface area contributed by atoms with Crippen LogP contribution in [-0.2, 0) is 17.5 Å². The number of amides is 1. The fraction of sp³-hybridized carbons (Fsp3) is 0.286. The molecule has 1 amide bonds. The van der Waals surface area contributed by atoms with Crippen LogP contribution < -0.4 is 10.1 Å². The maximum atomic E-state index is 12.6. The number of aromatic nitrogens is 2. The molecule has 11 heteroatoms. The first kappa shape index (κ1) is 19.0. The van der Waals surface area contributed by atoms with Crippen LogP contribution in [0.5, 0.6) is 5.75 Å². The molecule has 0 bridgehead atoms. The van der Waals surface area contributed by atoms with Crippen molar-refractivity contribution in [3.8, 4) is 5.75 Å². The zero-order valence-corrected chi connectivity index (χ0v) is 13.3. The number of halogens is 6.